The fourth-order valence-electron chi connectivity index (χ4n) is 1.16. The van der Waals surface area contributed by atoms with Crippen LogP contribution in [0.3, 0.4) is 0 Å². The fourth-order valence-corrected chi connectivity index (χ4v) is 1.59. The minimum absolute atomic E-state index is 0.0976. The van der Waals surface area contributed by atoms with Crippen molar-refractivity contribution in [3.8, 4) is 0 Å². The molecule has 0 saturated carbocycles. The van der Waals surface area contributed by atoms with Crippen molar-refractivity contribution < 1.29 is 22.3 Å². The lowest BCUT2D eigenvalue weighted by atomic mass is 10.2. The van der Waals surface area contributed by atoms with Crippen LogP contribution in [0.2, 0.25) is 0 Å². The summed E-state index contributed by atoms with van der Waals surface area (Å²) in [6.45, 7) is 0. The quantitative estimate of drug-likeness (QED) is 0.320. The first-order valence-electron chi connectivity index (χ1n) is 3.89. The number of nitro benzene ring substituents is 1. The molecule has 0 bridgehead atoms. The number of benzene rings is 1. The van der Waals surface area contributed by atoms with E-state index in [9.17, 15) is 18.5 Å². The van der Waals surface area contributed by atoms with E-state index in [-0.39, 0.29) is 5.69 Å². The Hall–Kier alpha value is -1.80. The van der Waals surface area contributed by atoms with Crippen LogP contribution in [0.25, 0.3) is 0 Å². The lowest BCUT2D eigenvalue weighted by Gasteiger charge is -1.90. The van der Waals surface area contributed by atoms with Crippen LogP contribution in [0.5, 0.6) is 0 Å². The molecule has 1 atom stereocenters. The topological polar surface area (TPSA) is 92.8 Å². The number of hydrogen-bond donors (Lipinski definition) is 0. The van der Waals surface area contributed by atoms with Crippen molar-refractivity contribution in [2.45, 2.75) is 6.23 Å². The molecule has 0 N–H and O–H groups in total. The van der Waals surface area contributed by atoms with Gasteiger partial charge >= 0.3 is 16.7 Å². The van der Waals surface area contributed by atoms with E-state index in [4.69, 9.17) is 4.84 Å². The van der Waals surface area contributed by atoms with Crippen LogP contribution in [0.15, 0.2) is 24.3 Å². The van der Waals surface area contributed by atoms with Crippen molar-refractivity contribution >= 4 is 16.2 Å². The zero-order chi connectivity index (χ0) is 11.0. The van der Waals surface area contributed by atoms with Crippen LogP contribution in [0.4, 0.5) is 5.69 Å². The monoisotopic (exact) mass is 229 g/mol. The highest BCUT2D eigenvalue weighted by Crippen LogP contribution is 2.33. The van der Waals surface area contributed by atoms with Gasteiger partial charge in [-0.05, 0) is 10.9 Å². The summed E-state index contributed by atoms with van der Waals surface area (Å²) >= 11 is 0. The Balaban J connectivity index is 2.36. The van der Waals surface area contributed by atoms with Gasteiger partial charge in [0.2, 0.25) is 0 Å². The first kappa shape index (κ1) is 9.74. The van der Waals surface area contributed by atoms with Crippen molar-refractivity contribution in [1.29, 1.82) is 0 Å². The van der Waals surface area contributed by atoms with Crippen LogP contribution in [-0.2, 0) is 15.3 Å². The Bertz CT molecular complexity index is 556. The Labute approximate surface area is 85.3 Å². The molecule has 1 aromatic rings. The van der Waals surface area contributed by atoms with Gasteiger partial charge < -0.3 is 0 Å². The number of nitrogens with zero attached hydrogens (tertiary/aromatic N) is 2. The van der Waals surface area contributed by atoms with E-state index in [0.29, 0.717) is 5.56 Å². The Morgan fingerprint density at radius 1 is 1.47 bits per heavy atom. The van der Waals surface area contributed by atoms with Crippen LogP contribution in [0.1, 0.15) is 11.8 Å². The molecule has 1 aliphatic rings. The van der Waals surface area contributed by atoms with Gasteiger partial charge in [-0.25, -0.2) is 0 Å². The predicted octanol–water partition coefficient (Wildman–Crippen LogP) is 0.614. The molecular weight excluding hydrogens is 224 g/mol. The van der Waals surface area contributed by atoms with E-state index in [1.165, 1.54) is 18.2 Å². The lowest BCUT2D eigenvalue weighted by Crippen LogP contribution is -1.90. The van der Waals surface area contributed by atoms with E-state index < -0.39 is 21.7 Å². The SMILES string of the molecule is O=[N+]([O-])c1cccc(C2O[N+]2=S(=O)=O)c1. The third-order valence-corrected chi connectivity index (χ3v) is 2.43. The largest absolute Gasteiger partial charge is 0.502 e. The van der Waals surface area contributed by atoms with Gasteiger partial charge in [-0.3, -0.25) is 10.1 Å². The minimum atomic E-state index is -2.46. The molecule has 15 heavy (non-hydrogen) atoms. The van der Waals surface area contributed by atoms with E-state index in [2.05, 4.69) is 0 Å². The third-order valence-electron chi connectivity index (χ3n) is 1.86. The Morgan fingerprint density at radius 2 is 2.20 bits per heavy atom. The standard InChI is InChI=1S/C7H5N2O5S/c10-8(11)6-3-1-2-5(4-6)7-9(14-7)15(12)13/h1-4,7H/q+1. The third kappa shape index (κ3) is 1.85. The first-order chi connectivity index (χ1) is 7.09. The van der Waals surface area contributed by atoms with Crippen LogP contribution >= 0.6 is 0 Å². The number of rotatable bonds is 2. The summed E-state index contributed by atoms with van der Waals surface area (Å²) in [7, 11) is -2.46. The average molecular weight is 229 g/mol. The molecule has 1 unspecified atom stereocenters. The van der Waals surface area contributed by atoms with E-state index in [1.807, 2.05) is 0 Å². The number of hydrogen-bond acceptors (Lipinski definition) is 5. The molecule has 0 aliphatic carbocycles. The fraction of sp³-hybridized carbons (Fsp3) is 0.143. The number of hydroxylamine groups is 1. The normalized spacial score (nSPS) is 18.7. The molecule has 1 fully saturated rings. The maximum absolute atomic E-state index is 10.4. The molecule has 1 heterocycles. The minimum Gasteiger partial charge on any atom is -0.258 e. The van der Waals surface area contributed by atoms with E-state index >= 15 is 0 Å². The summed E-state index contributed by atoms with van der Waals surface area (Å²) in [5.74, 6) is 0. The Morgan fingerprint density at radius 3 is 2.73 bits per heavy atom. The zero-order valence-corrected chi connectivity index (χ0v) is 8.05. The molecule has 7 nitrogen and oxygen atoms in total. The van der Waals surface area contributed by atoms with Crippen molar-refractivity contribution in [2.75, 3.05) is 0 Å². The molecule has 8 heteroatoms. The lowest BCUT2D eigenvalue weighted by molar-refractivity contribution is -0.503. The van der Waals surface area contributed by atoms with Gasteiger partial charge in [-0.15, -0.1) is 8.42 Å². The molecule has 0 aromatic heterocycles. The smallest absolute Gasteiger partial charge is 0.258 e. The maximum atomic E-state index is 10.4. The van der Waals surface area contributed by atoms with E-state index in [0.717, 1.165) is 4.11 Å². The summed E-state index contributed by atoms with van der Waals surface area (Å²) in [5.41, 5.74) is 0.341. The molecule has 0 radical (unpaired) electrons. The highest BCUT2D eigenvalue weighted by Gasteiger charge is 2.51. The molecule has 1 saturated heterocycles. The molecule has 78 valence electrons. The average Bonchev–Trinajstić information content (AvgIpc) is 2.97. The van der Waals surface area contributed by atoms with E-state index in [1.54, 1.807) is 6.07 Å². The second kappa shape index (κ2) is 3.41. The van der Waals surface area contributed by atoms with Gasteiger partial charge in [0.15, 0.2) is 0 Å². The molecule has 2 rings (SSSR count). The van der Waals surface area contributed by atoms with Gasteiger partial charge in [0.25, 0.3) is 5.69 Å². The van der Waals surface area contributed by atoms with Gasteiger partial charge in [0.1, 0.15) is 4.11 Å². The molecule has 1 aromatic carbocycles. The van der Waals surface area contributed by atoms with Crippen LogP contribution in [-0.4, -0.2) is 17.5 Å². The summed E-state index contributed by atoms with van der Waals surface area (Å²) in [6.07, 6.45) is -0.733. The van der Waals surface area contributed by atoms with Crippen molar-refractivity contribution in [3.05, 3.63) is 39.9 Å². The molecule has 0 spiro atoms. The number of non-ortho nitro benzene ring substituents is 1. The summed E-state index contributed by atoms with van der Waals surface area (Å²) in [4.78, 5) is 14.6. The second-order valence-electron chi connectivity index (χ2n) is 2.81. The molecular formula is C7H5N2O5S+. The Kier molecular flexibility index (Phi) is 2.21. The summed E-state index contributed by atoms with van der Waals surface area (Å²) in [5, 5.41) is 10.4. The van der Waals surface area contributed by atoms with Crippen molar-refractivity contribution in [1.82, 2.24) is 0 Å². The first-order valence-corrected chi connectivity index (χ1v) is 4.92. The number of nitro groups is 1. The zero-order valence-electron chi connectivity index (χ0n) is 7.23. The van der Waals surface area contributed by atoms with Crippen LogP contribution < -0.4 is 0 Å². The van der Waals surface area contributed by atoms with Crippen molar-refractivity contribution in [3.63, 3.8) is 0 Å². The second-order valence-corrected chi connectivity index (χ2v) is 3.61. The van der Waals surface area contributed by atoms with Gasteiger partial charge in [0.05, 0.1) is 10.5 Å². The molecule has 1 aliphatic heterocycles. The van der Waals surface area contributed by atoms with Gasteiger partial charge in [-0.1, -0.05) is 6.07 Å². The predicted molar refractivity (Wildman–Crippen MR) is 46.1 cm³/mol. The van der Waals surface area contributed by atoms with Crippen LogP contribution in [0, 0.1) is 10.1 Å². The van der Waals surface area contributed by atoms with Crippen molar-refractivity contribution in [2.24, 2.45) is 0 Å². The molecule has 0 amide bonds. The summed E-state index contributed by atoms with van der Waals surface area (Å²) < 4.78 is 21.6. The highest BCUT2D eigenvalue weighted by molar-refractivity contribution is 7.58. The van der Waals surface area contributed by atoms with Gasteiger partial charge in [-0.2, -0.15) is 0 Å². The van der Waals surface area contributed by atoms with Gasteiger partial charge in [0, 0.05) is 12.1 Å². The summed E-state index contributed by atoms with van der Waals surface area (Å²) in [6, 6.07) is 5.63. The maximum Gasteiger partial charge on any atom is 0.502 e. The highest BCUT2D eigenvalue weighted by atomic mass is 32.2.